The van der Waals surface area contributed by atoms with Crippen LogP contribution in [-0.4, -0.2) is 20.2 Å². The van der Waals surface area contributed by atoms with Crippen LogP contribution in [0.4, 0.5) is 11.4 Å². The molecule has 2 aromatic carbocycles. The van der Waals surface area contributed by atoms with Gasteiger partial charge < -0.3 is 15.4 Å². The second kappa shape index (κ2) is 9.18. The molecule has 0 atom stereocenters. The molecule has 0 fully saturated rings. The van der Waals surface area contributed by atoms with E-state index in [1.807, 2.05) is 18.2 Å². The van der Waals surface area contributed by atoms with Crippen molar-refractivity contribution in [1.82, 2.24) is 0 Å². The van der Waals surface area contributed by atoms with Crippen molar-refractivity contribution in [3.8, 4) is 5.75 Å². The van der Waals surface area contributed by atoms with Crippen LogP contribution < -0.4 is 15.4 Å². The minimum absolute atomic E-state index is 0.111. The number of hydrogen-bond donors (Lipinski definition) is 1. The number of anilines is 2. The first-order valence-electron chi connectivity index (χ1n) is 9.47. The van der Waals surface area contributed by atoms with Gasteiger partial charge >= 0.3 is 0 Å². The topological polar surface area (TPSA) is 38.5 Å². The van der Waals surface area contributed by atoms with E-state index in [2.05, 4.69) is 62.9 Å². The smallest absolute Gasteiger partial charge is 0.128 e. The molecule has 146 valence electrons. The van der Waals surface area contributed by atoms with Crippen LogP contribution in [0.1, 0.15) is 45.2 Å². The van der Waals surface area contributed by atoms with Crippen molar-refractivity contribution in [3.63, 3.8) is 0 Å². The van der Waals surface area contributed by atoms with Crippen molar-refractivity contribution < 1.29 is 4.74 Å². The van der Waals surface area contributed by atoms with Crippen LogP contribution in [0.15, 0.2) is 42.5 Å². The number of methoxy groups -OCH3 is 1. The van der Waals surface area contributed by atoms with Crippen molar-refractivity contribution >= 4 is 29.1 Å². The van der Waals surface area contributed by atoms with Gasteiger partial charge in [0.2, 0.25) is 0 Å². The molecule has 0 unspecified atom stereocenters. The number of rotatable bonds is 8. The van der Waals surface area contributed by atoms with Gasteiger partial charge in [-0.2, -0.15) is 0 Å². The average Bonchev–Trinajstić information content (AvgIpc) is 2.65. The van der Waals surface area contributed by atoms with E-state index in [1.54, 1.807) is 7.11 Å². The number of nitrogens with two attached hydrogens (primary N) is 1. The van der Waals surface area contributed by atoms with Crippen LogP contribution in [0.2, 0.25) is 5.02 Å². The lowest BCUT2D eigenvalue weighted by Crippen LogP contribution is -2.21. The Hall–Kier alpha value is -2.13. The molecule has 0 aliphatic rings. The molecule has 2 aromatic rings. The average molecular weight is 387 g/mol. The fraction of sp³-hybridized carbons (Fsp3) is 0.391. The Bertz CT molecular complexity index is 795. The number of halogens is 1. The largest absolute Gasteiger partial charge is 0.496 e. The Kier molecular flexibility index (Phi) is 7.20. The van der Waals surface area contributed by atoms with Crippen molar-refractivity contribution in [3.05, 3.63) is 58.6 Å². The predicted octanol–water partition coefficient (Wildman–Crippen LogP) is 6.16. The molecular formula is C23H31ClN2O. The Morgan fingerprint density at radius 3 is 2.44 bits per heavy atom. The van der Waals surface area contributed by atoms with Crippen LogP contribution in [0.25, 0.3) is 6.08 Å². The minimum Gasteiger partial charge on any atom is -0.496 e. The number of hydrogen-bond acceptors (Lipinski definition) is 3. The molecule has 0 heterocycles. The molecule has 0 amide bonds. The third-order valence-corrected chi connectivity index (χ3v) is 5.25. The minimum atomic E-state index is -0.111. The van der Waals surface area contributed by atoms with E-state index in [-0.39, 0.29) is 5.41 Å². The Morgan fingerprint density at radius 2 is 1.81 bits per heavy atom. The van der Waals surface area contributed by atoms with E-state index < -0.39 is 0 Å². The van der Waals surface area contributed by atoms with Gasteiger partial charge in [-0.05, 0) is 61.6 Å². The number of allylic oxidation sites excluding steroid dienone is 1. The van der Waals surface area contributed by atoms with E-state index in [4.69, 9.17) is 22.1 Å². The van der Waals surface area contributed by atoms with Crippen molar-refractivity contribution in [2.75, 3.05) is 30.8 Å². The highest BCUT2D eigenvalue weighted by Crippen LogP contribution is 2.34. The molecule has 2 rings (SSSR count). The summed E-state index contributed by atoms with van der Waals surface area (Å²) in [7, 11) is 1.72. The van der Waals surface area contributed by atoms with Gasteiger partial charge in [-0.15, -0.1) is 0 Å². The molecule has 0 saturated carbocycles. The normalized spacial score (nSPS) is 11.8. The number of benzene rings is 2. The van der Waals surface area contributed by atoms with E-state index in [0.717, 1.165) is 42.1 Å². The van der Waals surface area contributed by atoms with Crippen LogP contribution in [-0.2, 0) is 5.41 Å². The van der Waals surface area contributed by atoms with Crippen molar-refractivity contribution in [2.24, 2.45) is 0 Å². The van der Waals surface area contributed by atoms with Gasteiger partial charge in [0.05, 0.1) is 7.11 Å². The number of nitrogens with zero attached hydrogens (tertiary/aromatic N) is 1. The Balaban J connectivity index is 2.21. The lowest BCUT2D eigenvalue weighted by molar-refractivity contribution is 0.414. The van der Waals surface area contributed by atoms with E-state index >= 15 is 0 Å². The monoisotopic (exact) mass is 386 g/mol. The summed E-state index contributed by atoms with van der Waals surface area (Å²) < 4.78 is 5.61. The summed E-state index contributed by atoms with van der Waals surface area (Å²) in [6, 6.07) is 12.0. The van der Waals surface area contributed by atoms with Gasteiger partial charge in [-0.25, -0.2) is 0 Å². The molecule has 0 aromatic heterocycles. The second-order valence-electron chi connectivity index (χ2n) is 7.32. The fourth-order valence-electron chi connectivity index (χ4n) is 3.33. The highest BCUT2D eigenvalue weighted by atomic mass is 35.5. The molecule has 0 aliphatic carbocycles. The van der Waals surface area contributed by atoms with E-state index in [1.165, 1.54) is 5.69 Å². The molecule has 27 heavy (non-hydrogen) atoms. The zero-order valence-electron chi connectivity index (χ0n) is 17.1. The zero-order chi connectivity index (χ0) is 20.0. The third kappa shape index (κ3) is 5.20. The fourth-order valence-corrected chi connectivity index (χ4v) is 3.50. The summed E-state index contributed by atoms with van der Waals surface area (Å²) in [6.07, 6.45) is 5.14. The number of nitrogen functional groups attached to an aromatic ring is 1. The highest BCUT2D eigenvalue weighted by Gasteiger charge is 2.22. The van der Waals surface area contributed by atoms with Gasteiger partial charge in [0, 0.05) is 41.1 Å². The van der Waals surface area contributed by atoms with Crippen LogP contribution in [0, 0.1) is 0 Å². The number of ether oxygens (including phenoxy) is 1. The molecule has 3 nitrogen and oxygen atoms in total. The summed E-state index contributed by atoms with van der Waals surface area (Å²) in [5.74, 6) is 0.885. The summed E-state index contributed by atoms with van der Waals surface area (Å²) in [4.78, 5) is 2.31. The van der Waals surface area contributed by atoms with Crippen LogP contribution >= 0.6 is 11.6 Å². The summed E-state index contributed by atoms with van der Waals surface area (Å²) in [6.45, 7) is 10.6. The Labute approximate surface area is 168 Å². The first kappa shape index (κ1) is 21.2. The predicted molar refractivity (Wildman–Crippen MR) is 119 cm³/mol. The van der Waals surface area contributed by atoms with Crippen LogP contribution in [0.3, 0.4) is 0 Å². The standard InChI is InChI=1S/C23H31ClN2O/c1-6-26(7-2)19-12-10-17(22(16-19)27-5)9-8-14-23(3,4)20-15-18(24)11-13-21(20)25/h8-13,15-16H,6-7,14,25H2,1-5H3/b9-8+. The molecular weight excluding hydrogens is 356 g/mol. The SMILES string of the molecule is CCN(CC)c1ccc(/C=C/CC(C)(C)c2cc(Cl)ccc2N)c(OC)c1. The molecule has 0 spiro atoms. The maximum atomic E-state index is 6.17. The highest BCUT2D eigenvalue weighted by molar-refractivity contribution is 6.30. The quantitative estimate of drug-likeness (QED) is 0.552. The molecule has 2 N–H and O–H groups in total. The second-order valence-corrected chi connectivity index (χ2v) is 7.76. The summed E-state index contributed by atoms with van der Waals surface area (Å²) >= 11 is 6.16. The zero-order valence-corrected chi connectivity index (χ0v) is 17.8. The van der Waals surface area contributed by atoms with E-state index in [9.17, 15) is 0 Å². The first-order valence-corrected chi connectivity index (χ1v) is 9.85. The van der Waals surface area contributed by atoms with Gasteiger partial charge in [0.25, 0.3) is 0 Å². The van der Waals surface area contributed by atoms with Gasteiger partial charge in [-0.3, -0.25) is 0 Å². The summed E-state index contributed by atoms with van der Waals surface area (Å²) in [5, 5.41) is 0.713. The first-order chi connectivity index (χ1) is 12.8. The lowest BCUT2D eigenvalue weighted by Gasteiger charge is -2.25. The lowest BCUT2D eigenvalue weighted by atomic mass is 9.80. The molecule has 0 saturated heterocycles. The molecule has 0 bridgehead atoms. The Morgan fingerprint density at radius 1 is 1.11 bits per heavy atom. The third-order valence-electron chi connectivity index (χ3n) is 5.02. The maximum Gasteiger partial charge on any atom is 0.128 e. The van der Waals surface area contributed by atoms with Crippen molar-refractivity contribution in [2.45, 2.75) is 39.5 Å². The van der Waals surface area contributed by atoms with Gasteiger partial charge in [-0.1, -0.05) is 37.6 Å². The van der Waals surface area contributed by atoms with Gasteiger partial charge in [0.15, 0.2) is 0 Å². The maximum absolute atomic E-state index is 6.17. The van der Waals surface area contributed by atoms with E-state index in [0.29, 0.717) is 5.02 Å². The summed E-state index contributed by atoms with van der Waals surface area (Å²) in [5.41, 5.74) is 10.2. The van der Waals surface area contributed by atoms with Crippen molar-refractivity contribution in [1.29, 1.82) is 0 Å². The molecule has 4 heteroatoms. The molecule has 0 radical (unpaired) electrons. The van der Waals surface area contributed by atoms with Crippen LogP contribution in [0.5, 0.6) is 5.75 Å². The van der Waals surface area contributed by atoms with Gasteiger partial charge in [0.1, 0.15) is 5.75 Å². The molecule has 0 aliphatic heterocycles.